The summed E-state index contributed by atoms with van der Waals surface area (Å²) in [4.78, 5) is 71.3. The molecule has 1 aromatic heterocycles. The molecule has 4 aromatic carbocycles. The number of nitrogens with zero attached hydrogens (tertiary/aromatic N) is 1. The van der Waals surface area contributed by atoms with Gasteiger partial charge in [0, 0.05) is 27.1 Å². The topological polar surface area (TPSA) is 135 Å². The number of hydrogen-bond donors (Lipinski definition) is 2. The molecule has 52 heavy (non-hydrogen) atoms. The lowest BCUT2D eigenvalue weighted by Gasteiger charge is -2.43. The van der Waals surface area contributed by atoms with Crippen molar-refractivity contribution in [3.8, 4) is 5.75 Å². The maximum Gasteiger partial charge on any atom is 0.338 e. The minimum Gasteiger partial charge on any atom is -0.484 e. The van der Waals surface area contributed by atoms with Gasteiger partial charge in [-0.2, -0.15) is 0 Å². The smallest absolute Gasteiger partial charge is 0.338 e. The molecule has 9 rings (SSSR count). The van der Waals surface area contributed by atoms with Crippen LogP contribution in [0.5, 0.6) is 5.75 Å². The highest BCUT2D eigenvalue weighted by molar-refractivity contribution is 8.00. The van der Waals surface area contributed by atoms with Crippen molar-refractivity contribution < 1.29 is 28.7 Å². The van der Waals surface area contributed by atoms with Gasteiger partial charge in [0.15, 0.2) is 6.61 Å². The number of anilines is 2. The molecule has 4 aliphatic rings. The Hall–Kier alpha value is -5.20. The van der Waals surface area contributed by atoms with E-state index < -0.39 is 17.8 Å². The molecule has 0 unspecified atom stereocenters. The third kappa shape index (κ3) is 5.26. The van der Waals surface area contributed by atoms with Crippen LogP contribution in [0.4, 0.5) is 11.4 Å². The number of ether oxygens (including phenoxy) is 2. The normalized spacial score (nSPS) is 25.5. The van der Waals surface area contributed by atoms with Gasteiger partial charge in [-0.15, -0.1) is 11.8 Å². The Bertz CT molecular complexity index is 2330. The summed E-state index contributed by atoms with van der Waals surface area (Å²) in [5, 5.41) is 5.77. The van der Waals surface area contributed by atoms with Gasteiger partial charge in [0.2, 0.25) is 11.8 Å². The van der Waals surface area contributed by atoms with E-state index in [0.717, 1.165) is 32.7 Å². The zero-order valence-electron chi connectivity index (χ0n) is 27.9. The minimum absolute atomic E-state index is 0.00278. The average molecular weight is 732 g/mol. The zero-order valence-corrected chi connectivity index (χ0v) is 29.6. The molecule has 5 aromatic rings. The number of carbonyl (C=O) groups is 4. The fourth-order valence-electron chi connectivity index (χ4n) is 9.07. The summed E-state index contributed by atoms with van der Waals surface area (Å²) in [6.45, 7) is 1.79. The summed E-state index contributed by atoms with van der Waals surface area (Å²) in [6, 6.07) is 27.7. The van der Waals surface area contributed by atoms with Crippen LogP contribution in [0.3, 0.4) is 0 Å². The van der Waals surface area contributed by atoms with Crippen LogP contribution < -0.4 is 19.8 Å². The number of fused-ring (bicyclic) bond motifs is 10. The highest BCUT2D eigenvalue weighted by Crippen LogP contribution is 2.68. The highest BCUT2D eigenvalue weighted by Gasteiger charge is 2.69. The fourth-order valence-corrected chi connectivity index (χ4v) is 12.0. The summed E-state index contributed by atoms with van der Waals surface area (Å²) < 4.78 is 11.1. The Kier molecular flexibility index (Phi) is 8.04. The maximum absolute atomic E-state index is 14.2. The number of H-pyrrole nitrogens is 1. The summed E-state index contributed by atoms with van der Waals surface area (Å²) in [6.07, 6.45) is 0.755. The molecule has 7 atom stereocenters. The second kappa shape index (κ2) is 12.8. The lowest BCUT2D eigenvalue weighted by atomic mass is 9.68. The molecule has 12 heteroatoms. The van der Waals surface area contributed by atoms with E-state index in [1.54, 1.807) is 43.0 Å². The van der Waals surface area contributed by atoms with Crippen molar-refractivity contribution in [3.05, 3.63) is 117 Å². The van der Waals surface area contributed by atoms with Gasteiger partial charge in [0.25, 0.3) is 5.91 Å². The molecule has 2 aliphatic carbocycles. The Morgan fingerprint density at radius 3 is 2.46 bits per heavy atom. The standard InChI is InChI=1S/C40H33N3O7S2/c1-2-49-39(47)21-13-15-23(16-14-21)43-37(45)32-26-18-27(33(32)38(43)46)34-31(26)30(35-36(51-34)42-40(48)52-35)22-9-5-10-24(17-22)50-19-29(44)41-28-12-6-8-20-7-3-4-11-25(20)28/h3-17,26-27,30-34H,2,18-19H2,1H3,(H,41,44)(H,42,48)/t26-,27-,30+,31-,32+,33+,34-/m1/s1. The molecule has 3 fully saturated rings. The molecule has 2 aliphatic heterocycles. The van der Waals surface area contributed by atoms with E-state index in [1.807, 2.05) is 66.7 Å². The number of thioether (sulfide) groups is 1. The van der Waals surface area contributed by atoms with Crippen LogP contribution in [0, 0.1) is 29.6 Å². The van der Waals surface area contributed by atoms with Gasteiger partial charge in [0.1, 0.15) is 5.75 Å². The quantitative estimate of drug-likeness (QED) is 0.137. The molecule has 2 N–H and O–H groups in total. The van der Waals surface area contributed by atoms with Crippen molar-refractivity contribution in [2.45, 2.75) is 29.5 Å². The van der Waals surface area contributed by atoms with E-state index in [2.05, 4.69) is 10.3 Å². The van der Waals surface area contributed by atoms with Crippen LogP contribution in [0.25, 0.3) is 10.8 Å². The van der Waals surface area contributed by atoms with Crippen molar-refractivity contribution >= 4 is 68.9 Å². The highest BCUT2D eigenvalue weighted by atomic mass is 32.2. The number of carbonyl (C=O) groups excluding carboxylic acids is 4. The molecule has 10 nitrogen and oxygen atoms in total. The van der Waals surface area contributed by atoms with E-state index in [0.29, 0.717) is 22.7 Å². The van der Waals surface area contributed by atoms with Crippen molar-refractivity contribution in [1.82, 2.24) is 4.98 Å². The fraction of sp³-hybridized carbons (Fsp3) is 0.275. The van der Waals surface area contributed by atoms with Gasteiger partial charge in [0.05, 0.1) is 34.7 Å². The first-order chi connectivity index (χ1) is 25.3. The summed E-state index contributed by atoms with van der Waals surface area (Å²) in [7, 11) is 0. The number of amides is 3. The Balaban J connectivity index is 0.978. The molecular weight excluding hydrogens is 699 g/mol. The van der Waals surface area contributed by atoms with Gasteiger partial charge < -0.3 is 19.8 Å². The van der Waals surface area contributed by atoms with Gasteiger partial charge in [-0.05, 0) is 84.5 Å². The molecule has 2 saturated carbocycles. The monoisotopic (exact) mass is 731 g/mol. The third-order valence-electron chi connectivity index (χ3n) is 11.0. The Labute approximate surface area is 306 Å². The molecular formula is C40H33N3O7S2. The third-order valence-corrected chi connectivity index (χ3v) is 13.6. The van der Waals surface area contributed by atoms with E-state index in [9.17, 15) is 24.0 Å². The van der Waals surface area contributed by atoms with Crippen LogP contribution in [0.1, 0.15) is 40.1 Å². The molecule has 2 bridgehead atoms. The molecule has 3 heterocycles. The first kappa shape index (κ1) is 32.7. The number of nitrogens with one attached hydrogen (secondary N) is 2. The minimum atomic E-state index is -0.471. The second-order valence-corrected chi connectivity index (χ2v) is 15.9. The number of aromatic amines is 1. The van der Waals surface area contributed by atoms with Crippen molar-refractivity contribution in [2.24, 2.45) is 29.6 Å². The first-order valence-corrected chi connectivity index (χ1v) is 19.1. The molecule has 1 saturated heterocycles. The predicted octanol–water partition coefficient (Wildman–Crippen LogP) is 6.46. The van der Waals surface area contributed by atoms with Crippen LogP contribution in [0.15, 0.2) is 101 Å². The molecule has 262 valence electrons. The van der Waals surface area contributed by atoms with Gasteiger partial charge in [-0.1, -0.05) is 59.9 Å². The van der Waals surface area contributed by atoms with E-state index in [4.69, 9.17) is 9.47 Å². The van der Waals surface area contributed by atoms with Gasteiger partial charge >= 0.3 is 10.8 Å². The number of esters is 1. The lowest BCUT2D eigenvalue weighted by molar-refractivity contribution is -0.123. The first-order valence-electron chi connectivity index (χ1n) is 17.4. The largest absolute Gasteiger partial charge is 0.484 e. The lowest BCUT2D eigenvalue weighted by Crippen LogP contribution is -2.42. The number of aromatic nitrogens is 1. The molecule has 0 radical (unpaired) electrons. The maximum atomic E-state index is 14.2. The van der Waals surface area contributed by atoms with E-state index in [1.165, 1.54) is 16.2 Å². The number of benzene rings is 4. The van der Waals surface area contributed by atoms with Gasteiger partial charge in [-0.3, -0.25) is 24.1 Å². The van der Waals surface area contributed by atoms with Crippen LogP contribution in [0.2, 0.25) is 0 Å². The second-order valence-electron chi connectivity index (χ2n) is 13.7. The summed E-state index contributed by atoms with van der Waals surface area (Å²) >= 11 is 2.82. The average Bonchev–Trinajstić information content (AvgIpc) is 3.90. The summed E-state index contributed by atoms with van der Waals surface area (Å²) in [5.74, 6) is -1.86. The Morgan fingerprint density at radius 1 is 0.904 bits per heavy atom. The van der Waals surface area contributed by atoms with Crippen LogP contribution in [-0.2, 0) is 19.1 Å². The van der Waals surface area contributed by atoms with Crippen molar-refractivity contribution in [2.75, 3.05) is 23.4 Å². The number of thiazole rings is 1. The zero-order chi connectivity index (χ0) is 35.7. The van der Waals surface area contributed by atoms with Crippen molar-refractivity contribution in [3.63, 3.8) is 0 Å². The van der Waals surface area contributed by atoms with Crippen molar-refractivity contribution in [1.29, 1.82) is 0 Å². The Morgan fingerprint density at radius 2 is 1.65 bits per heavy atom. The van der Waals surface area contributed by atoms with Gasteiger partial charge in [-0.25, -0.2) is 4.79 Å². The van der Waals surface area contributed by atoms with Crippen LogP contribution >= 0.6 is 23.1 Å². The molecule has 3 amide bonds. The number of rotatable bonds is 8. The van der Waals surface area contributed by atoms with E-state index >= 15 is 0 Å². The number of imide groups is 1. The predicted molar refractivity (Wildman–Crippen MR) is 198 cm³/mol. The van der Waals surface area contributed by atoms with E-state index in [-0.39, 0.29) is 64.7 Å². The SMILES string of the molecule is CCOC(=O)c1ccc(N2C(=O)[C@H]3[C@H]4C[C@@H]([C@@H]3C2=O)[C@@H]2[C@H](c3cccc(OCC(=O)Nc5cccc6ccccc56)c3)c3sc(=O)[nH]c3S[C@H]42)cc1. The van der Waals surface area contributed by atoms with Crippen LogP contribution in [-0.4, -0.2) is 47.1 Å². The molecule has 0 spiro atoms. The number of hydrogen-bond acceptors (Lipinski definition) is 9. The summed E-state index contributed by atoms with van der Waals surface area (Å²) in [5.41, 5.74) is 2.45.